The Morgan fingerprint density at radius 1 is 1.06 bits per heavy atom. The molecule has 0 aliphatic carbocycles. The zero-order valence-electron chi connectivity index (χ0n) is 9.65. The SMILES string of the molecule is Ic1ccccc1NCc1cccc2c1OCO2. The number of nitrogens with one attached hydrogen (secondary N) is 1. The Kier molecular flexibility index (Phi) is 3.27. The molecule has 2 aromatic carbocycles. The summed E-state index contributed by atoms with van der Waals surface area (Å²) < 4.78 is 12.1. The van der Waals surface area contributed by atoms with Crippen molar-refractivity contribution in [3.63, 3.8) is 0 Å². The molecule has 3 rings (SSSR count). The standard InChI is InChI=1S/C14H12INO2/c15-11-5-1-2-6-12(11)16-8-10-4-3-7-13-14(10)18-9-17-13/h1-7,16H,8-9H2. The fraction of sp³-hybridized carbons (Fsp3) is 0.143. The first-order chi connectivity index (χ1) is 8.84. The Bertz CT molecular complexity index is 571. The highest BCUT2D eigenvalue weighted by Crippen LogP contribution is 2.35. The molecule has 18 heavy (non-hydrogen) atoms. The summed E-state index contributed by atoms with van der Waals surface area (Å²) in [5.74, 6) is 1.69. The van der Waals surface area contributed by atoms with Gasteiger partial charge in [0.2, 0.25) is 6.79 Å². The van der Waals surface area contributed by atoms with Crippen LogP contribution < -0.4 is 14.8 Å². The van der Waals surface area contributed by atoms with E-state index in [9.17, 15) is 0 Å². The Balaban J connectivity index is 1.78. The summed E-state index contributed by atoms with van der Waals surface area (Å²) in [6.07, 6.45) is 0. The van der Waals surface area contributed by atoms with Gasteiger partial charge in [0.15, 0.2) is 11.5 Å². The summed E-state index contributed by atoms with van der Waals surface area (Å²) >= 11 is 2.32. The van der Waals surface area contributed by atoms with Crippen molar-refractivity contribution in [2.24, 2.45) is 0 Å². The van der Waals surface area contributed by atoms with E-state index in [0.29, 0.717) is 6.79 Å². The second-order valence-corrected chi connectivity index (χ2v) is 5.15. The van der Waals surface area contributed by atoms with Crippen LogP contribution in [-0.2, 0) is 6.54 Å². The van der Waals surface area contributed by atoms with E-state index in [0.717, 1.165) is 29.3 Å². The number of hydrogen-bond acceptors (Lipinski definition) is 3. The third kappa shape index (κ3) is 2.25. The fourth-order valence-electron chi connectivity index (χ4n) is 1.92. The number of fused-ring (bicyclic) bond motifs is 1. The maximum atomic E-state index is 5.48. The van der Waals surface area contributed by atoms with Crippen molar-refractivity contribution in [1.29, 1.82) is 0 Å². The fourth-order valence-corrected chi connectivity index (χ4v) is 2.50. The van der Waals surface area contributed by atoms with E-state index in [1.165, 1.54) is 3.57 Å². The van der Waals surface area contributed by atoms with E-state index >= 15 is 0 Å². The second kappa shape index (κ2) is 5.06. The molecule has 0 saturated carbocycles. The average Bonchev–Trinajstić information content (AvgIpc) is 2.86. The molecule has 4 heteroatoms. The number of halogens is 1. The van der Waals surface area contributed by atoms with Crippen LogP contribution in [-0.4, -0.2) is 6.79 Å². The maximum absolute atomic E-state index is 5.48. The highest BCUT2D eigenvalue weighted by Gasteiger charge is 2.16. The minimum Gasteiger partial charge on any atom is -0.454 e. The van der Waals surface area contributed by atoms with Crippen LogP contribution >= 0.6 is 22.6 Å². The minimum atomic E-state index is 0.315. The highest BCUT2D eigenvalue weighted by molar-refractivity contribution is 14.1. The number of para-hydroxylation sites is 2. The van der Waals surface area contributed by atoms with Crippen LogP contribution in [0.25, 0.3) is 0 Å². The molecule has 0 bridgehead atoms. The lowest BCUT2D eigenvalue weighted by Gasteiger charge is -2.10. The largest absolute Gasteiger partial charge is 0.454 e. The zero-order valence-corrected chi connectivity index (χ0v) is 11.8. The van der Waals surface area contributed by atoms with Gasteiger partial charge in [0.05, 0.1) is 0 Å². The average molecular weight is 353 g/mol. The monoisotopic (exact) mass is 353 g/mol. The van der Waals surface area contributed by atoms with E-state index in [2.05, 4.69) is 46.1 Å². The van der Waals surface area contributed by atoms with Gasteiger partial charge in [0.25, 0.3) is 0 Å². The Labute approximate surface area is 119 Å². The lowest BCUT2D eigenvalue weighted by atomic mass is 10.2. The Hall–Kier alpha value is -1.43. The number of ether oxygens (including phenoxy) is 2. The molecule has 0 fully saturated rings. The first-order valence-corrected chi connectivity index (χ1v) is 6.78. The van der Waals surface area contributed by atoms with Crippen LogP contribution in [0.4, 0.5) is 5.69 Å². The van der Waals surface area contributed by atoms with Gasteiger partial charge in [-0.15, -0.1) is 0 Å². The summed E-state index contributed by atoms with van der Waals surface area (Å²) in [5.41, 5.74) is 2.25. The lowest BCUT2D eigenvalue weighted by Crippen LogP contribution is -2.02. The van der Waals surface area contributed by atoms with Gasteiger partial charge in [-0.25, -0.2) is 0 Å². The van der Waals surface area contributed by atoms with Gasteiger partial charge in [-0.05, 0) is 40.8 Å². The normalized spacial score (nSPS) is 12.5. The molecule has 92 valence electrons. The van der Waals surface area contributed by atoms with E-state index < -0.39 is 0 Å². The van der Waals surface area contributed by atoms with E-state index in [1.54, 1.807) is 0 Å². The van der Waals surface area contributed by atoms with Gasteiger partial charge < -0.3 is 14.8 Å². The van der Waals surface area contributed by atoms with Crippen LogP contribution in [0.15, 0.2) is 42.5 Å². The van der Waals surface area contributed by atoms with Gasteiger partial charge in [0.1, 0.15) is 0 Å². The molecule has 1 aliphatic rings. The van der Waals surface area contributed by atoms with Crippen molar-refractivity contribution in [3.05, 3.63) is 51.6 Å². The van der Waals surface area contributed by atoms with E-state index in [4.69, 9.17) is 9.47 Å². The van der Waals surface area contributed by atoms with Crippen molar-refractivity contribution in [2.45, 2.75) is 6.54 Å². The lowest BCUT2D eigenvalue weighted by molar-refractivity contribution is 0.173. The number of benzene rings is 2. The minimum absolute atomic E-state index is 0.315. The summed E-state index contributed by atoms with van der Waals surface area (Å²) in [5, 5.41) is 3.42. The zero-order chi connectivity index (χ0) is 12.4. The molecule has 0 spiro atoms. The van der Waals surface area contributed by atoms with Crippen LogP contribution in [0.3, 0.4) is 0 Å². The molecular weight excluding hydrogens is 341 g/mol. The smallest absolute Gasteiger partial charge is 0.231 e. The van der Waals surface area contributed by atoms with Gasteiger partial charge in [-0.2, -0.15) is 0 Å². The molecule has 1 N–H and O–H groups in total. The number of hydrogen-bond donors (Lipinski definition) is 1. The van der Waals surface area contributed by atoms with Crippen molar-refractivity contribution >= 4 is 28.3 Å². The molecule has 1 aliphatic heterocycles. The molecule has 0 amide bonds. The van der Waals surface area contributed by atoms with E-state index in [1.807, 2.05) is 24.3 Å². The first-order valence-electron chi connectivity index (χ1n) is 5.70. The number of rotatable bonds is 3. The van der Waals surface area contributed by atoms with Gasteiger partial charge >= 0.3 is 0 Å². The van der Waals surface area contributed by atoms with Crippen molar-refractivity contribution in [3.8, 4) is 11.5 Å². The molecule has 0 atom stereocenters. The molecule has 0 unspecified atom stereocenters. The molecule has 3 nitrogen and oxygen atoms in total. The summed E-state index contributed by atoms with van der Waals surface area (Å²) in [6, 6.07) is 14.2. The second-order valence-electron chi connectivity index (χ2n) is 3.98. The predicted octanol–water partition coefficient (Wildman–Crippen LogP) is 3.63. The predicted molar refractivity (Wildman–Crippen MR) is 79.1 cm³/mol. The van der Waals surface area contributed by atoms with Gasteiger partial charge in [-0.3, -0.25) is 0 Å². The molecular formula is C14H12INO2. The molecule has 0 saturated heterocycles. The quantitative estimate of drug-likeness (QED) is 0.855. The molecule has 0 aromatic heterocycles. The van der Waals surface area contributed by atoms with E-state index in [-0.39, 0.29) is 0 Å². The third-order valence-electron chi connectivity index (χ3n) is 2.82. The Morgan fingerprint density at radius 2 is 1.94 bits per heavy atom. The van der Waals surface area contributed by atoms with Crippen LogP contribution in [0.2, 0.25) is 0 Å². The van der Waals surface area contributed by atoms with Gasteiger partial charge in [0, 0.05) is 21.4 Å². The van der Waals surface area contributed by atoms with Crippen molar-refractivity contribution in [1.82, 2.24) is 0 Å². The topological polar surface area (TPSA) is 30.5 Å². The van der Waals surface area contributed by atoms with Gasteiger partial charge in [-0.1, -0.05) is 24.3 Å². The number of anilines is 1. The highest BCUT2D eigenvalue weighted by atomic mass is 127. The molecule has 0 radical (unpaired) electrons. The van der Waals surface area contributed by atoms with Crippen LogP contribution in [0.5, 0.6) is 11.5 Å². The van der Waals surface area contributed by atoms with Crippen molar-refractivity contribution in [2.75, 3.05) is 12.1 Å². The molecule has 2 aromatic rings. The molecule has 1 heterocycles. The maximum Gasteiger partial charge on any atom is 0.231 e. The summed E-state index contributed by atoms with van der Waals surface area (Å²) in [7, 11) is 0. The Morgan fingerprint density at radius 3 is 2.83 bits per heavy atom. The summed E-state index contributed by atoms with van der Waals surface area (Å²) in [4.78, 5) is 0. The third-order valence-corrected chi connectivity index (χ3v) is 3.76. The van der Waals surface area contributed by atoms with Crippen molar-refractivity contribution < 1.29 is 9.47 Å². The van der Waals surface area contributed by atoms with Crippen LogP contribution in [0, 0.1) is 3.57 Å². The first kappa shape index (κ1) is 11.6. The van der Waals surface area contributed by atoms with Crippen LogP contribution in [0.1, 0.15) is 5.56 Å². The summed E-state index contributed by atoms with van der Waals surface area (Å²) in [6.45, 7) is 1.04.